The van der Waals surface area contributed by atoms with Crippen LogP contribution in [0.1, 0.15) is 6.92 Å². The summed E-state index contributed by atoms with van der Waals surface area (Å²) in [5.41, 5.74) is -2.31. The third-order valence-corrected chi connectivity index (χ3v) is 3.56. The molecule has 0 bridgehead atoms. The van der Waals surface area contributed by atoms with Gasteiger partial charge in [0.05, 0.1) is 19.7 Å². The fourth-order valence-electron chi connectivity index (χ4n) is 2.42. The van der Waals surface area contributed by atoms with Crippen molar-refractivity contribution in [3.63, 3.8) is 0 Å². The standard InChI is InChI=1S/C8H11F3N2O2.C6H7F3N2O2/c1-3-15-7(14)5-4-13(2)12-6(5)8(9,10)11;1-11-2-3(5(12)13)4(10-11)6(7,8)9/h5H,3-4H2,1-2H3;3H,2H2,1H3,(H,12,13). The monoisotopic (exact) mass is 420 g/mol. The van der Waals surface area contributed by atoms with Crippen molar-refractivity contribution < 1.29 is 45.8 Å². The average Bonchev–Trinajstić information content (AvgIpc) is 3.10. The first-order chi connectivity index (χ1) is 12.7. The van der Waals surface area contributed by atoms with Crippen LogP contribution in [-0.2, 0) is 14.3 Å². The summed E-state index contributed by atoms with van der Waals surface area (Å²) in [6.45, 7) is 1.28. The Labute approximate surface area is 155 Å². The summed E-state index contributed by atoms with van der Waals surface area (Å²) in [6, 6.07) is 0. The van der Waals surface area contributed by atoms with Crippen LogP contribution < -0.4 is 0 Å². The molecule has 0 fully saturated rings. The summed E-state index contributed by atoms with van der Waals surface area (Å²) in [4.78, 5) is 21.6. The molecule has 160 valence electrons. The fourth-order valence-corrected chi connectivity index (χ4v) is 2.42. The number of alkyl halides is 6. The number of hydrogen-bond acceptors (Lipinski definition) is 7. The first-order valence-corrected chi connectivity index (χ1v) is 7.81. The van der Waals surface area contributed by atoms with Crippen LogP contribution in [0.3, 0.4) is 0 Å². The number of carbonyl (C=O) groups excluding carboxylic acids is 1. The Hall–Kier alpha value is -2.54. The summed E-state index contributed by atoms with van der Waals surface area (Å²) >= 11 is 0. The van der Waals surface area contributed by atoms with Crippen molar-refractivity contribution in [2.45, 2.75) is 19.3 Å². The van der Waals surface area contributed by atoms with E-state index in [1.54, 1.807) is 6.92 Å². The lowest BCUT2D eigenvalue weighted by molar-refractivity contribution is -0.147. The Bertz CT molecular complexity index is 661. The van der Waals surface area contributed by atoms with Crippen molar-refractivity contribution >= 4 is 23.4 Å². The minimum atomic E-state index is -4.66. The minimum Gasteiger partial charge on any atom is -0.481 e. The Morgan fingerprint density at radius 3 is 1.71 bits per heavy atom. The second-order valence-electron chi connectivity index (χ2n) is 5.84. The molecule has 2 atom stereocenters. The van der Waals surface area contributed by atoms with E-state index < -0.39 is 47.6 Å². The van der Waals surface area contributed by atoms with Gasteiger partial charge < -0.3 is 9.84 Å². The van der Waals surface area contributed by atoms with E-state index in [1.165, 1.54) is 14.1 Å². The van der Waals surface area contributed by atoms with Crippen LogP contribution in [-0.4, -0.2) is 84.6 Å². The number of nitrogens with zero attached hydrogens (tertiary/aromatic N) is 4. The number of ether oxygens (including phenoxy) is 1. The maximum absolute atomic E-state index is 12.4. The molecule has 28 heavy (non-hydrogen) atoms. The van der Waals surface area contributed by atoms with E-state index in [9.17, 15) is 35.9 Å². The molecule has 1 N–H and O–H groups in total. The maximum atomic E-state index is 12.4. The van der Waals surface area contributed by atoms with Gasteiger partial charge >= 0.3 is 24.3 Å². The van der Waals surface area contributed by atoms with E-state index in [-0.39, 0.29) is 19.7 Å². The largest absolute Gasteiger partial charge is 0.481 e. The number of aliphatic carboxylic acids is 1. The SMILES string of the molecule is CCOC(=O)C1CN(C)N=C1C(F)(F)F.CN1CC(C(=O)O)C(C(F)(F)F)=N1. The number of rotatable bonds is 3. The Balaban J connectivity index is 0.000000283. The van der Waals surface area contributed by atoms with Gasteiger partial charge in [-0.15, -0.1) is 0 Å². The highest BCUT2D eigenvalue weighted by molar-refractivity contribution is 6.06. The van der Waals surface area contributed by atoms with E-state index in [0.29, 0.717) is 0 Å². The Morgan fingerprint density at radius 2 is 1.39 bits per heavy atom. The molecule has 0 saturated heterocycles. The van der Waals surface area contributed by atoms with Crippen molar-refractivity contribution in [2.75, 3.05) is 33.8 Å². The molecule has 2 unspecified atom stereocenters. The number of carboxylic acids is 1. The topological polar surface area (TPSA) is 94.8 Å². The lowest BCUT2D eigenvalue weighted by atomic mass is 10.0. The van der Waals surface area contributed by atoms with Gasteiger partial charge in [0.15, 0.2) is 11.4 Å². The van der Waals surface area contributed by atoms with Crippen molar-refractivity contribution in [3.05, 3.63) is 0 Å². The van der Waals surface area contributed by atoms with Crippen molar-refractivity contribution in [1.29, 1.82) is 0 Å². The molecule has 2 rings (SSSR count). The predicted molar refractivity (Wildman–Crippen MR) is 83.5 cm³/mol. The molecule has 0 spiro atoms. The molecule has 0 aromatic carbocycles. The lowest BCUT2D eigenvalue weighted by Crippen LogP contribution is -2.35. The third kappa shape index (κ3) is 5.99. The molecule has 2 aliphatic rings. The first-order valence-electron chi connectivity index (χ1n) is 7.81. The van der Waals surface area contributed by atoms with Gasteiger partial charge in [-0.05, 0) is 6.92 Å². The second kappa shape index (κ2) is 8.65. The fraction of sp³-hybridized carbons (Fsp3) is 0.714. The summed E-state index contributed by atoms with van der Waals surface area (Å²) in [5, 5.41) is 16.9. The number of hydrazone groups is 2. The van der Waals surface area contributed by atoms with Crippen molar-refractivity contribution in [1.82, 2.24) is 10.0 Å². The average molecular weight is 420 g/mol. The molecule has 2 heterocycles. The van der Waals surface area contributed by atoms with Crippen LogP contribution in [0.5, 0.6) is 0 Å². The molecule has 0 radical (unpaired) electrons. The molecule has 0 aliphatic carbocycles. The molecule has 0 saturated carbocycles. The molecule has 0 aromatic heterocycles. The highest BCUT2D eigenvalue weighted by atomic mass is 19.4. The van der Waals surface area contributed by atoms with Crippen LogP contribution in [0.25, 0.3) is 0 Å². The zero-order valence-electron chi connectivity index (χ0n) is 15.0. The van der Waals surface area contributed by atoms with Gasteiger partial charge in [0.1, 0.15) is 11.8 Å². The van der Waals surface area contributed by atoms with Crippen LogP contribution in [0.4, 0.5) is 26.3 Å². The Kier molecular flexibility index (Phi) is 7.26. The van der Waals surface area contributed by atoms with Gasteiger partial charge in [0, 0.05) is 14.1 Å². The van der Waals surface area contributed by atoms with E-state index in [1.807, 2.05) is 0 Å². The molecular weight excluding hydrogens is 402 g/mol. The van der Waals surface area contributed by atoms with Crippen LogP contribution >= 0.6 is 0 Å². The summed E-state index contributed by atoms with van der Waals surface area (Å²) < 4.78 is 78.2. The maximum Gasteiger partial charge on any atom is 0.432 e. The van der Waals surface area contributed by atoms with Gasteiger partial charge in [0.2, 0.25) is 0 Å². The second-order valence-corrected chi connectivity index (χ2v) is 5.84. The van der Waals surface area contributed by atoms with Gasteiger partial charge in [-0.1, -0.05) is 0 Å². The first kappa shape index (κ1) is 23.5. The highest BCUT2D eigenvalue weighted by Gasteiger charge is 2.49. The molecule has 8 nitrogen and oxygen atoms in total. The van der Waals surface area contributed by atoms with E-state index in [0.717, 1.165) is 10.0 Å². The molecule has 0 aromatic rings. The number of halogens is 6. The normalized spacial score (nSPS) is 22.3. The number of esters is 1. The van der Waals surface area contributed by atoms with Gasteiger partial charge in [-0.3, -0.25) is 19.6 Å². The van der Waals surface area contributed by atoms with Gasteiger partial charge in [-0.2, -0.15) is 36.5 Å². The molecule has 2 aliphatic heterocycles. The summed E-state index contributed by atoms with van der Waals surface area (Å²) in [5.74, 6) is -5.27. The van der Waals surface area contributed by atoms with E-state index in [4.69, 9.17) is 5.11 Å². The van der Waals surface area contributed by atoms with Crippen molar-refractivity contribution in [3.8, 4) is 0 Å². The summed E-state index contributed by atoms with van der Waals surface area (Å²) in [7, 11) is 2.68. The van der Waals surface area contributed by atoms with Crippen LogP contribution in [0.15, 0.2) is 10.2 Å². The van der Waals surface area contributed by atoms with Crippen LogP contribution in [0.2, 0.25) is 0 Å². The number of hydrogen-bond donors (Lipinski definition) is 1. The van der Waals surface area contributed by atoms with E-state index in [2.05, 4.69) is 14.9 Å². The number of carboxylic acid groups (broad SMARTS) is 1. The summed E-state index contributed by atoms with van der Waals surface area (Å²) in [6.07, 6.45) is -9.24. The van der Waals surface area contributed by atoms with Crippen molar-refractivity contribution in [2.24, 2.45) is 22.0 Å². The lowest BCUT2D eigenvalue weighted by Gasteiger charge is -2.13. The third-order valence-electron chi connectivity index (χ3n) is 3.56. The number of carbonyl (C=O) groups is 2. The predicted octanol–water partition coefficient (Wildman–Crippen LogP) is 1.58. The zero-order chi connectivity index (χ0) is 21.9. The quantitative estimate of drug-likeness (QED) is 0.551. The van der Waals surface area contributed by atoms with Gasteiger partial charge in [-0.25, -0.2) is 0 Å². The van der Waals surface area contributed by atoms with E-state index >= 15 is 0 Å². The van der Waals surface area contributed by atoms with Gasteiger partial charge in [0.25, 0.3) is 0 Å². The molecular formula is C14H18F6N4O4. The van der Waals surface area contributed by atoms with Crippen LogP contribution in [0, 0.1) is 11.8 Å². The zero-order valence-corrected chi connectivity index (χ0v) is 15.0. The Morgan fingerprint density at radius 1 is 1.00 bits per heavy atom. The smallest absolute Gasteiger partial charge is 0.432 e. The highest BCUT2D eigenvalue weighted by Crippen LogP contribution is 2.28. The molecule has 14 heteroatoms. The molecule has 0 amide bonds. The minimum absolute atomic E-state index is 0.0597.